The number of hydrogen-bond donors (Lipinski definition) is 0. The molecule has 0 aliphatic carbocycles. The van der Waals surface area contributed by atoms with Crippen LogP contribution >= 0.6 is 11.3 Å². The van der Waals surface area contributed by atoms with Crippen molar-refractivity contribution in [2.75, 3.05) is 19.7 Å². The van der Waals surface area contributed by atoms with Gasteiger partial charge < -0.3 is 9.64 Å². The molecule has 1 amide bonds. The van der Waals surface area contributed by atoms with E-state index in [1.807, 2.05) is 6.92 Å². The molecular formula is C11H13F3N2O2S. The van der Waals surface area contributed by atoms with Crippen LogP contribution in [0.5, 0.6) is 0 Å². The molecular weight excluding hydrogens is 281 g/mol. The normalized spacial score (nSPS) is 20.6. The third-order valence-electron chi connectivity index (χ3n) is 2.78. The zero-order valence-electron chi connectivity index (χ0n) is 10.2. The Morgan fingerprint density at radius 1 is 1.63 bits per heavy atom. The van der Waals surface area contributed by atoms with Crippen molar-refractivity contribution >= 4 is 17.2 Å². The topological polar surface area (TPSA) is 42.4 Å². The fourth-order valence-corrected chi connectivity index (χ4v) is 2.44. The summed E-state index contributed by atoms with van der Waals surface area (Å²) in [6.45, 7) is 1.47. The van der Waals surface area contributed by atoms with Crippen LogP contribution in [0.2, 0.25) is 0 Å². The van der Waals surface area contributed by atoms with Crippen molar-refractivity contribution in [1.82, 2.24) is 9.88 Å². The lowest BCUT2D eigenvalue weighted by Gasteiger charge is -2.33. The fourth-order valence-electron chi connectivity index (χ4n) is 1.83. The highest BCUT2D eigenvalue weighted by molar-refractivity contribution is 7.09. The first-order valence-corrected chi connectivity index (χ1v) is 6.61. The summed E-state index contributed by atoms with van der Waals surface area (Å²) < 4.78 is 42.2. The minimum atomic E-state index is -4.43. The maximum atomic E-state index is 12.5. The van der Waals surface area contributed by atoms with E-state index < -0.39 is 18.8 Å². The average Bonchev–Trinajstić information content (AvgIpc) is 2.74. The van der Waals surface area contributed by atoms with Gasteiger partial charge in [0.15, 0.2) is 6.10 Å². The van der Waals surface area contributed by atoms with Gasteiger partial charge in [-0.15, -0.1) is 11.3 Å². The van der Waals surface area contributed by atoms with Crippen molar-refractivity contribution in [3.8, 4) is 0 Å². The summed E-state index contributed by atoms with van der Waals surface area (Å²) in [7, 11) is 0. The van der Waals surface area contributed by atoms with Gasteiger partial charge in [0, 0.05) is 11.9 Å². The molecule has 106 valence electrons. The summed E-state index contributed by atoms with van der Waals surface area (Å²) in [4.78, 5) is 17.2. The Morgan fingerprint density at radius 2 is 2.37 bits per heavy atom. The summed E-state index contributed by atoms with van der Waals surface area (Å²) in [5.41, 5.74) is 0.600. The second-order valence-corrected chi connectivity index (χ2v) is 5.34. The van der Waals surface area contributed by atoms with E-state index >= 15 is 0 Å². The Labute approximate surface area is 112 Å². The maximum absolute atomic E-state index is 12.5. The third kappa shape index (κ3) is 3.66. The Kier molecular flexibility index (Phi) is 4.10. The van der Waals surface area contributed by atoms with E-state index in [1.54, 1.807) is 5.38 Å². The number of amides is 1. The summed E-state index contributed by atoms with van der Waals surface area (Å²) in [5.74, 6) is -0.345. The van der Waals surface area contributed by atoms with E-state index in [-0.39, 0.29) is 25.5 Å². The van der Waals surface area contributed by atoms with Gasteiger partial charge in [-0.05, 0) is 6.92 Å². The number of alkyl halides is 3. The molecule has 0 unspecified atom stereocenters. The van der Waals surface area contributed by atoms with Crippen LogP contribution in [-0.4, -0.2) is 47.8 Å². The van der Waals surface area contributed by atoms with E-state index in [0.29, 0.717) is 5.69 Å². The molecule has 1 aromatic heterocycles. The van der Waals surface area contributed by atoms with Crippen LogP contribution < -0.4 is 0 Å². The highest BCUT2D eigenvalue weighted by Gasteiger charge is 2.44. The van der Waals surface area contributed by atoms with Crippen molar-refractivity contribution in [3.05, 3.63) is 16.1 Å². The van der Waals surface area contributed by atoms with Gasteiger partial charge in [-0.3, -0.25) is 4.79 Å². The molecule has 0 bridgehead atoms. The number of rotatable bonds is 2. The molecule has 0 saturated carbocycles. The molecule has 1 atom stereocenters. The Morgan fingerprint density at radius 3 is 2.95 bits per heavy atom. The second-order valence-electron chi connectivity index (χ2n) is 4.28. The van der Waals surface area contributed by atoms with E-state index in [1.165, 1.54) is 16.2 Å². The van der Waals surface area contributed by atoms with Crippen LogP contribution in [0, 0.1) is 6.92 Å². The predicted octanol–water partition coefficient (Wildman–Crippen LogP) is 1.78. The summed E-state index contributed by atoms with van der Waals surface area (Å²) in [5, 5.41) is 2.58. The van der Waals surface area contributed by atoms with Gasteiger partial charge in [-0.2, -0.15) is 13.2 Å². The van der Waals surface area contributed by atoms with Crippen LogP contribution in [-0.2, 0) is 16.0 Å². The summed E-state index contributed by atoms with van der Waals surface area (Å²) in [6, 6.07) is 0. The molecule has 19 heavy (non-hydrogen) atoms. The summed E-state index contributed by atoms with van der Waals surface area (Å²) in [6.07, 6.45) is -6.28. The lowest BCUT2D eigenvalue weighted by molar-refractivity contribution is -0.236. The first kappa shape index (κ1) is 14.3. The molecule has 0 N–H and O–H groups in total. The number of aryl methyl sites for hydroxylation is 1. The predicted molar refractivity (Wildman–Crippen MR) is 62.9 cm³/mol. The highest BCUT2D eigenvalue weighted by Crippen LogP contribution is 2.26. The van der Waals surface area contributed by atoms with Crippen LogP contribution in [0.3, 0.4) is 0 Å². The van der Waals surface area contributed by atoms with Crippen molar-refractivity contribution in [3.63, 3.8) is 0 Å². The second kappa shape index (κ2) is 5.46. The van der Waals surface area contributed by atoms with Gasteiger partial charge in [0.05, 0.1) is 30.3 Å². The minimum absolute atomic E-state index is 0.0366. The number of morpholine rings is 1. The van der Waals surface area contributed by atoms with Gasteiger partial charge in [0.2, 0.25) is 5.91 Å². The zero-order chi connectivity index (χ0) is 14.0. The Hall–Kier alpha value is -1.15. The molecule has 4 nitrogen and oxygen atoms in total. The van der Waals surface area contributed by atoms with Crippen molar-refractivity contribution in [1.29, 1.82) is 0 Å². The van der Waals surface area contributed by atoms with Gasteiger partial charge in [-0.1, -0.05) is 0 Å². The third-order valence-corrected chi connectivity index (χ3v) is 3.61. The van der Waals surface area contributed by atoms with Crippen molar-refractivity contribution in [2.24, 2.45) is 0 Å². The molecule has 1 fully saturated rings. The monoisotopic (exact) mass is 294 g/mol. The largest absolute Gasteiger partial charge is 0.416 e. The number of nitrogens with zero attached hydrogens (tertiary/aromatic N) is 2. The molecule has 0 spiro atoms. The smallest absolute Gasteiger partial charge is 0.365 e. The van der Waals surface area contributed by atoms with E-state index in [4.69, 9.17) is 0 Å². The van der Waals surface area contributed by atoms with E-state index in [0.717, 1.165) is 5.01 Å². The van der Waals surface area contributed by atoms with E-state index in [9.17, 15) is 18.0 Å². The van der Waals surface area contributed by atoms with Gasteiger partial charge in [0.25, 0.3) is 0 Å². The molecule has 1 aliphatic rings. The fraction of sp³-hybridized carbons (Fsp3) is 0.636. The Balaban J connectivity index is 1.95. The number of hydrogen-bond acceptors (Lipinski definition) is 4. The van der Waals surface area contributed by atoms with Gasteiger partial charge >= 0.3 is 6.18 Å². The molecule has 2 heterocycles. The molecule has 8 heteroatoms. The molecule has 1 aromatic rings. The number of ether oxygens (including phenoxy) is 1. The maximum Gasteiger partial charge on any atom is 0.416 e. The van der Waals surface area contributed by atoms with E-state index in [2.05, 4.69) is 9.72 Å². The number of aromatic nitrogens is 1. The first-order chi connectivity index (χ1) is 8.86. The quantitative estimate of drug-likeness (QED) is 0.835. The van der Waals surface area contributed by atoms with Crippen molar-refractivity contribution in [2.45, 2.75) is 25.6 Å². The van der Waals surface area contributed by atoms with Crippen LogP contribution in [0.15, 0.2) is 5.38 Å². The molecule has 0 aromatic carbocycles. The van der Waals surface area contributed by atoms with Crippen LogP contribution in [0.4, 0.5) is 13.2 Å². The van der Waals surface area contributed by atoms with Gasteiger partial charge in [0.1, 0.15) is 0 Å². The SMILES string of the molecule is Cc1nc(CC(=O)N2CCO[C@@H](C(F)(F)F)C2)cs1. The molecule has 0 radical (unpaired) electrons. The van der Waals surface area contributed by atoms with Crippen molar-refractivity contribution < 1.29 is 22.7 Å². The molecule has 1 aliphatic heterocycles. The summed E-state index contributed by atoms with van der Waals surface area (Å²) >= 11 is 1.41. The minimum Gasteiger partial charge on any atom is -0.365 e. The van der Waals surface area contributed by atoms with Gasteiger partial charge in [-0.25, -0.2) is 4.98 Å². The number of thiazole rings is 1. The van der Waals surface area contributed by atoms with Crippen LogP contribution in [0.1, 0.15) is 10.7 Å². The first-order valence-electron chi connectivity index (χ1n) is 5.73. The lowest BCUT2D eigenvalue weighted by atomic mass is 10.2. The lowest BCUT2D eigenvalue weighted by Crippen LogP contribution is -2.51. The highest BCUT2D eigenvalue weighted by atomic mass is 32.1. The standard InChI is InChI=1S/C11H13F3N2O2S/c1-7-15-8(6-19-7)4-10(17)16-2-3-18-9(5-16)11(12,13)14/h6,9H,2-5H2,1H3/t9-/m1/s1. The number of carbonyl (C=O) groups is 1. The Bertz CT molecular complexity index is 461. The van der Waals surface area contributed by atoms with Crippen LogP contribution in [0.25, 0.3) is 0 Å². The number of carbonyl (C=O) groups excluding carboxylic acids is 1. The number of halogens is 3. The molecule has 1 saturated heterocycles. The molecule has 2 rings (SSSR count). The average molecular weight is 294 g/mol. The zero-order valence-corrected chi connectivity index (χ0v) is 11.1.